The van der Waals surface area contributed by atoms with Gasteiger partial charge in [-0.15, -0.1) is 0 Å². The molecule has 0 radical (unpaired) electrons. The Morgan fingerprint density at radius 2 is 2.00 bits per heavy atom. The SMILES string of the molecule is CNCC1CCN(Cc2ncc(-c3ccccc3)o2)CC1. The highest BCUT2D eigenvalue weighted by Crippen LogP contribution is 2.22. The van der Waals surface area contributed by atoms with Gasteiger partial charge in [0, 0.05) is 5.56 Å². The molecule has 3 rings (SSSR count). The molecule has 1 aliphatic rings. The van der Waals surface area contributed by atoms with Gasteiger partial charge in [0.15, 0.2) is 5.76 Å². The predicted octanol–water partition coefficient (Wildman–Crippen LogP) is 2.77. The lowest BCUT2D eigenvalue weighted by molar-refractivity contribution is 0.164. The minimum Gasteiger partial charge on any atom is -0.439 e. The van der Waals surface area contributed by atoms with E-state index in [0.717, 1.165) is 49.3 Å². The predicted molar refractivity (Wildman–Crippen MR) is 83.9 cm³/mol. The van der Waals surface area contributed by atoms with Crippen LogP contribution in [0, 0.1) is 5.92 Å². The third-order valence-electron chi connectivity index (χ3n) is 4.17. The van der Waals surface area contributed by atoms with Gasteiger partial charge in [-0.3, -0.25) is 4.90 Å². The van der Waals surface area contributed by atoms with Crippen LogP contribution >= 0.6 is 0 Å². The van der Waals surface area contributed by atoms with E-state index < -0.39 is 0 Å². The number of likely N-dealkylation sites (tertiary alicyclic amines) is 1. The van der Waals surface area contributed by atoms with Crippen molar-refractivity contribution >= 4 is 0 Å². The van der Waals surface area contributed by atoms with Gasteiger partial charge in [-0.2, -0.15) is 0 Å². The molecule has 0 saturated carbocycles. The zero-order valence-electron chi connectivity index (χ0n) is 12.6. The minimum absolute atomic E-state index is 0.815. The van der Waals surface area contributed by atoms with Crippen molar-refractivity contribution in [1.82, 2.24) is 15.2 Å². The second kappa shape index (κ2) is 6.87. The maximum atomic E-state index is 5.88. The molecule has 112 valence electrons. The van der Waals surface area contributed by atoms with E-state index in [-0.39, 0.29) is 0 Å². The lowest BCUT2D eigenvalue weighted by Crippen LogP contribution is -2.36. The molecule has 0 spiro atoms. The third-order valence-corrected chi connectivity index (χ3v) is 4.17. The number of aromatic nitrogens is 1. The molecule has 0 amide bonds. The van der Waals surface area contributed by atoms with Crippen molar-refractivity contribution in [2.45, 2.75) is 19.4 Å². The topological polar surface area (TPSA) is 41.3 Å². The fraction of sp³-hybridized carbons (Fsp3) is 0.471. The molecule has 1 aliphatic heterocycles. The molecule has 1 N–H and O–H groups in total. The standard InChI is InChI=1S/C17H23N3O/c1-18-11-14-7-9-20(10-8-14)13-17-19-12-16(21-17)15-5-3-2-4-6-15/h2-6,12,14,18H,7-11,13H2,1H3. The second-order valence-corrected chi connectivity index (χ2v) is 5.76. The Hall–Kier alpha value is -1.65. The molecular formula is C17H23N3O. The number of hydrogen-bond acceptors (Lipinski definition) is 4. The molecule has 2 aromatic rings. The molecule has 21 heavy (non-hydrogen) atoms. The van der Waals surface area contributed by atoms with Crippen LogP contribution in [0.1, 0.15) is 18.7 Å². The van der Waals surface area contributed by atoms with Crippen molar-refractivity contribution in [3.8, 4) is 11.3 Å². The van der Waals surface area contributed by atoms with Crippen molar-refractivity contribution in [2.75, 3.05) is 26.7 Å². The number of oxazole rings is 1. The smallest absolute Gasteiger partial charge is 0.209 e. The highest BCUT2D eigenvalue weighted by atomic mass is 16.4. The Morgan fingerprint density at radius 3 is 2.71 bits per heavy atom. The van der Waals surface area contributed by atoms with E-state index in [4.69, 9.17) is 4.42 Å². The Kier molecular flexibility index (Phi) is 4.68. The van der Waals surface area contributed by atoms with Crippen molar-refractivity contribution < 1.29 is 4.42 Å². The lowest BCUT2D eigenvalue weighted by Gasteiger charge is -2.30. The summed E-state index contributed by atoms with van der Waals surface area (Å²) in [4.78, 5) is 6.86. The molecule has 0 atom stereocenters. The van der Waals surface area contributed by atoms with Gasteiger partial charge in [-0.05, 0) is 45.4 Å². The van der Waals surface area contributed by atoms with Gasteiger partial charge < -0.3 is 9.73 Å². The molecule has 0 unspecified atom stereocenters. The fourth-order valence-electron chi connectivity index (χ4n) is 2.95. The van der Waals surface area contributed by atoms with Crippen molar-refractivity contribution in [2.24, 2.45) is 5.92 Å². The monoisotopic (exact) mass is 285 g/mol. The van der Waals surface area contributed by atoms with Crippen LogP contribution in [0.5, 0.6) is 0 Å². The summed E-state index contributed by atoms with van der Waals surface area (Å²) in [5.74, 6) is 2.49. The summed E-state index contributed by atoms with van der Waals surface area (Å²) >= 11 is 0. The molecule has 0 bridgehead atoms. The first kappa shape index (κ1) is 14.3. The Labute approximate surface area is 126 Å². The van der Waals surface area contributed by atoms with Crippen molar-refractivity contribution in [3.05, 3.63) is 42.4 Å². The molecule has 4 heteroatoms. The normalized spacial score (nSPS) is 17.2. The largest absolute Gasteiger partial charge is 0.439 e. The summed E-state index contributed by atoms with van der Waals surface area (Å²) in [6, 6.07) is 10.1. The van der Waals surface area contributed by atoms with E-state index in [2.05, 4.69) is 15.2 Å². The second-order valence-electron chi connectivity index (χ2n) is 5.76. The molecule has 1 aromatic heterocycles. The number of nitrogens with zero attached hydrogens (tertiary/aromatic N) is 2. The Bertz CT molecular complexity index is 544. The van der Waals surface area contributed by atoms with Crippen LogP contribution in [-0.2, 0) is 6.54 Å². The van der Waals surface area contributed by atoms with Gasteiger partial charge in [0.05, 0.1) is 12.7 Å². The van der Waals surface area contributed by atoms with Gasteiger partial charge >= 0.3 is 0 Å². The van der Waals surface area contributed by atoms with E-state index >= 15 is 0 Å². The number of nitrogens with one attached hydrogen (secondary N) is 1. The van der Waals surface area contributed by atoms with Gasteiger partial charge in [-0.1, -0.05) is 30.3 Å². The average molecular weight is 285 g/mol. The van der Waals surface area contributed by atoms with E-state index in [9.17, 15) is 0 Å². The zero-order valence-corrected chi connectivity index (χ0v) is 12.6. The summed E-state index contributed by atoms with van der Waals surface area (Å²) in [6.07, 6.45) is 4.35. The van der Waals surface area contributed by atoms with Crippen LogP contribution in [-0.4, -0.2) is 36.6 Å². The lowest BCUT2D eigenvalue weighted by atomic mass is 9.97. The summed E-state index contributed by atoms with van der Waals surface area (Å²) in [5, 5.41) is 3.27. The summed E-state index contributed by atoms with van der Waals surface area (Å²) in [7, 11) is 2.03. The number of hydrogen-bond donors (Lipinski definition) is 1. The molecule has 2 heterocycles. The van der Waals surface area contributed by atoms with Gasteiger partial charge in [-0.25, -0.2) is 4.98 Å². The van der Waals surface area contributed by atoms with Crippen LogP contribution < -0.4 is 5.32 Å². The number of piperidine rings is 1. The van der Waals surface area contributed by atoms with Crippen LogP contribution in [0.4, 0.5) is 0 Å². The first-order valence-corrected chi connectivity index (χ1v) is 7.72. The van der Waals surface area contributed by atoms with Gasteiger partial charge in [0.1, 0.15) is 0 Å². The zero-order chi connectivity index (χ0) is 14.5. The quantitative estimate of drug-likeness (QED) is 0.917. The van der Waals surface area contributed by atoms with E-state index in [1.807, 2.05) is 43.6 Å². The van der Waals surface area contributed by atoms with E-state index in [0.29, 0.717) is 0 Å². The van der Waals surface area contributed by atoms with Crippen molar-refractivity contribution in [3.63, 3.8) is 0 Å². The maximum absolute atomic E-state index is 5.88. The molecule has 1 fully saturated rings. The van der Waals surface area contributed by atoms with Crippen molar-refractivity contribution in [1.29, 1.82) is 0 Å². The first-order valence-electron chi connectivity index (χ1n) is 7.72. The number of rotatable bonds is 5. The van der Waals surface area contributed by atoms with Crippen LogP contribution in [0.3, 0.4) is 0 Å². The minimum atomic E-state index is 0.815. The molecule has 1 saturated heterocycles. The van der Waals surface area contributed by atoms with E-state index in [1.165, 1.54) is 12.8 Å². The number of benzene rings is 1. The summed E-state index contributed by atoms with van der Waals surface area (Å²) in [5.41, 5.74) is 1.09. The average Bonchev–Trinajstić information content (AvgIpc) is 2.99. The summed E-state index contributed by atoms with van der Waals surface area (Å²) in [6.45, 7) is 4.22. The highest BCUT2D eigenvalue weighted by Gasteiger charge is 2.20. The third kappa shape index (κ3) is 3.71. The molecule has 1 aromatic carbocycles. The Balaban J connectivity index is 1.56. The van der Waals surface area contributed by atoms with Crippen LogP contribution in [0.15, 0.2) is 40.9 Å². The summed E-state index contributed by atoms with van der Waals surface area (Å²) < 4.78 is 5.88. The van der Waals surface area contributed by atoms with Crippen LogP contribution in [0.25, 0.3) is 11.3 Å². The van der Waals surface area contributed by atoms with Crippen LogP contribution in [0.2, 0.25) is 0 Å². The van der Waals surface area contributed by atoms with Gasteiger partial charge in [0.25, 0.3) is 0 Å². The van der Waals surface area contributed by atoms with Gasteiger partial charge in [0.2, 0.25) is 5.89 Å². The molecule has 4 nitrogen and oxygen atoms in total. The molecular weight excluding hydrogens is 262 g/mol. The highest BCUT2D eigenvalue weighted by molar-refractivity contribution is 5.55. The first-order chi connectivity index (χ1) is 10.3. The van der Waals surface area contributed by atoms with E-state index in [1.54, 1.807) is 0 Å². The molecule has 0 aliphatic carbocycles. The fourth-order valence-corrected chi connectivity index (χ4v) is 2.95. The Morgan fingerprint density at radius 1 is 1.24 bits per heavy atom. The maximum Gasteiger partial charge on any atom is 0.209 e.